The molecule has 1 heterocycles. The highest BCUT2D eigenvalue weighted by molar-refractivity contribution is 9.10. The fourth-order valence-corrected chi connectivity index (χ4v) is 3.78. The van der Waals surface area contributed by atoms with Crippen LogP contribution in [0.25, 0.3) is 6.08 Å². The molecule has 0 saturated carbocycles. The number of carbonyl (C=O) groups excluding carboxylic acids is 3. The lowest BCUT2D eigenvalue weighted by Crippen LogP contribution is -2.54. The maximum Gasteiger partial charge on any atom is 0.335 e. The van der Waals surface area contributed by atoms with Gasteiger partial charge in [-0.25, -0.2) is 9.69 Å². The predicted molar refractivity (Wildman–Crippen MR) is 137 cm³/mol. The average molecular weight is 556 g/mol. The van der Waals surface area contributed by atoms with Gasteiger partial charge in [0.15, 0.2) is 11.5 Å². The van der Waals surface area contributed by atoms with Gasteiger partial charge >= 0.3 is 6.03 Å². The molecule has 4 amide bonds. The number of hydrogen-bond acceptors (Lipinski definition) is 5. The molecule has 0 bridgehead atoms. The molecule has 0 aliphatic carbocycles. The molecule has 35 heavy (non-hydrogen) atoms. The molecule has 1 fully saturated rings. The van der Waals surface area contributed by atoms with Crippen LogP contribution in [0.2, 0.25) is 5.02 Å². The van der Waals surface area contributed by atoms with Crippen LogP contribution in [0, 0.1) is 0 Å². The van der Waals surface area contributed by atoms with Gasteiger partial charge in [-0.05, 0) is 72.7 Å². The van der Waals surface area contributed by atoms with Crippen LogP contribution in [0.15, 0.2) is 76.8 Å². The van der Waals surface area contributed by atoms with Crippen LogP contribution in [0.1, 0.15) is 18.1 Å². The molecule has 3 aromatic rings. The molecular weight excluding hydrogens is 536 g/mol. The van der Waals surface area contributed by atoms with Gasteiger partial charge in [-0.2, -0.15) is 0 Å². The summed E-state index contributed by atoms with van der Waals surface area (Å²) in [7, 11) is 0. The van der Waals surface area contributed by atoms with Crippen LogP contribution in [-0.2, 0) is 16.2 Å². The van der Waals surface area contributed by atoms with Gasteiger partial charge in [-0.3, -0.25) is 14.9 Å². The lowest BCUT2D eigenvalue weighted by atomic mass is 10.1. The van der Waals surface area contributed by atoms with Crippen molar-refractivity contribution in [3.05, 3.63) is 92.9 Å². The third-order valence-electron chi connectivity index (χ3n) is 5.07. The largest absolute Gasteiger partial charge is 0.490 e. The highest BCUT2D eigenvalue weighted by atomic mass is 79.9. The minimum Gasteiger partial charge on any atom is -0.490 e. The van der Waals surface area contributed by atoms with Crippen molar-refractivity contribution in [1.29, 1.82) is 0 Å². The van der Waals surface area contributed by atoms with E-state index in [1.165, 1.54) is 18.2 Å². The lowest BCUT2D eigenvalue weighted by molar-refractivity contribution is -0.122. The lowest BCUT2D eigenvalue weighted by Gasteiger charge is -2.26. The SMILES string of the molecule is CCOc1cc(/C=C2\C(=O)NC(=O)N(c3ccc(Cl)cc3)C2=O)ccc1OCc1ccc(Br)cc1. The number of hydrogen-bond donors (Lipinski definition) is 1. The predicted octanol–water partition coefficient (Wildman–Crippen LogP) is 5.75. The monoisotopic (exact) mass is 554 g/mol. The van der Waals surface area contributed by atoms with Crippen molar-refractivity contribution in [2.45, 2.75) is 13.5 Å². The topological polar surface area (TPSA) is 84.9 Å². The van der Waals surface area contributed by atoms with Crippen molar-refractivity contribution in [1.82, 2.24) is 5.32 Å². The summed E-state index contributed by atoms with van der Waals surface area (Å²) in [5, 5.41) is 2.66. The highest BCUT2D eigenvalue weighted by Crippen LogP contribution is 2.31. The number of rotatable bonds is 7. The fourth-order valence-electron chi connectivity index (χ4n) is 3.39. The molecule has 0 spiro atoms. The number of nitrogens with one attached hydrogen (secondary N) is 1. The molecule has 1 N–H and O–H groups in total. The molecule has 3 aromatic carbocycles. The molecule has 9 heteroatoms. The number of nitrogens with zero attached hydrogens (tertiary/aromatic N) is 1. The maximum absolute atomic E-state index is 13.1. The first-order valence-corrected chi connectivity index (χ1v) is 11.8. The van der Waals surface area contributed by atoms with E-state index in [1.807, 2.05) is 31.2 Å². The number of amides is 4. The molecule has 0 atom stereocenters. The molecule has 4 rings (SSSR count). The minimum atomic E-state index is -0.828. The molecule has 7 nitrogen and oxygen atoms in total. The average Bonchev–Trinajstić information content (AvgIpc) is 2.83. The van der Waals surface area contributed by atoms with Gasteiger partial charge in [0.2, 0.25) is 0 Å². The molecule has 1 aliphatic heterocycles. The van der Waals surface area contributed by atoms with Crippen LogP contribution < -0.4 is 19.7 Å². The Hall–Kier alpha value is -3.62. The van der Waals surface area contributed by atoms with Crippen LogP contribution >= 0.6 is 27.5 Å². The number of imide groups is 2. The summed E-state index contributed by atoms with van der Waals surface area (Å²) in [6, 6.07) is 18.2. The van der Waals surface area contributed by atoms with E-state index in [2.05, 4.69) is 21.2 Å². The normalized spacial score (nSPS) is 14.8. The Kier molecular flexibility index (Phi) is 7.53. The first-order valence-electron chi connectivity index (χ1n) is 10.7. The summed E-state index contributed by atoms with van der Waals surface area (Å²) in [6.45, 7) is 2.58. The minimum absolute atomic E-state index is 0.189. The molecule has 0 unspecified atom stereocenters. The van der Waals surface area contributed by atoms with E-state index in [0.717, 1.165) is 14.9 Å². The zero-order chi connectivity index (χ0) is 24.9. The third-order valence-corrected chi connectivity index (χ3v) is 5.85. The van der Waals surface area contributed by atoms with Crippen LogP contribution in [0.4, 0.5) is 10.5 Å². The summed E-state index contributed by atoms with van der Waals surface area (Å²) < 4.78 is 12.6. The van der Waals surface area contributed by atoms with Crippen molar-refractivity contribution in [2.75, 3.05) is 11.5 Å². The van der Waals surface area contributed by atoms with Gasteiger partial charge < -0.3 is 9.47 Å². The fraction of sp³-hybridized carbons (Fsp3) is 0.115. The second kappa shape index (κ2) is 10.8. The van der Waals surface area contributed by atoms with E-state index in [4.69, 9.17) is 21.1 Å². The van der Waals surface area contributed by atoms with E-state index in [0.29, 0.717) is 41.0 Å². The Morgan fingerprint density at radius 2 is 1.66 bits per heavy atom. The smallest absolute Gasteiger partial charge is 0.335 e. The second-order valence-corrected chi connectivity index (χ2v) is 8.84. The van der Waals surface area contributed by atoms with Crippen molar-refractivity contribution >= 4 is 57.1 Å². The number of ether oxygens (including phenoxy) is 2. The molecule has 0 aromatic heterocycles. The summed E-state index contributed by atoms with van der Waals surface area (Å²) in [4.78, 5) is 38.8. The Morgan fingerprint density at radius 3 is 2.34 bits per heavy atom. The van der Waals surface area contributed by atoms with Crippen molar-refractivity contribution in [3.8, 4) is 11.5 Å². The molecule has 1 saturated heterocycles. The van der Waals surface area contributed by atoms with E-state index < -0.39 is 17.8 Å². The first kappa shape index (κ1) is 24.5. The summed E-state index contributed by atoms with van der Waals surface area (Å²) >= 11 is 9.31. The zero-order valence-electron chi connectivity index (χ0n) is 18.6. The number of halogens is 2. The Bertz CT molecular complexity index is 1310. The van der Waals surface area contributed by atoms with Crippen molar-refractivity contribution in [2.24, 2.45) is 0 Å². The number of barbiturate groups is 1. The zero-order valence-corrected chi connectivity index (χ0v) is 20.9. The Labute approximate surface area is 215 Å². The standard InChI is InChI=1S/C26H20BrClN2O5/c1-2-34-23-14-17(5-12-22(23)35-15-16-3-6-18(27)7-4-16)13-21-24(31)29-26(33)30(25(21)32)20-10-8-19(28)9-11-20/h3-14H,2,15H2,1H3,(H,29,31,33)/b21-13+. The Morgan fingerprint density at radius 1 is 0.943 bits per heavy atom. The van der Waals surface area contributed by atoms with Gasteiger partial charge in [0.1, 0.15) is 12.2 Å². The molecular formula is C26H20BrClN2O5. The second-order valence-electron chi connectivity index (χ2n) is 7.49. The van der Waals surface area contributed by atoms with E-state index in [1.54, 1.807) is 30.3 Å². The van der Waals surface area contributed by atoms with Gasteiger partial charge in [-0.15, -0.1) is 0 Å². The quantitative estimate of drug-likeness (QED) is 0.297. The van der Waals surface area contributed by atoms with Crippen LogP contribution in [0.3, 0.4) is 0 Å². The summed E-state index contributed by atoms with van der Waals surface area (Å²) in [5.41, 5.74) is 1.62. The Balaban J connectivity index is 1.60. The van der Waals surface area contributed by atoms with E-state index in [-0.39, 0.29) is 5.57 Å². The van der Waals surface area contributed by atoms with Crippen molar-refractivity contribution < 1.29 is 23.9 Å². The molecule has 0 radical (unpaired) electrons. The summed E-state index contributed by atoms with van der Waals surface area (Å²) in [6.07, 6.45) is 1.41. The van der Waals surface area contributed by atoms with Crippen LogP contribution in [0.5, 0.6) is 11.5 Å². The van der Waals surface area contributed by atoms with E-state index in [9.17, 15) is 14.4 Å². The number of urea groups is 1. The van der Waals surface area contributed by atoms with Crippen molar-refractivity contribution in [3.63, 3.8) is 0 Å². The molecule has 1 aliphatic rings. The number of carbonyl (C=O) groups is 3. The van der Waals surface area contributed by atoms with Gasteiger partial charge in [0.05, 0.1) is 12.3 Å². The molecule has 178 valence electrons. The van der Waals surface area contributed by atoms with Gasteiger partial charge in [0, 0.05) is 9.50 Å². The van der Waals surface area contributed by atoms with Gasteiger partial charge in [0.25, 0.3) is 11.8 Å². The third kappa shape index (κ3) is 5.72. The van der Waals surface area contributed by atoms with Crippen LogP contribution in [-0.4, -0.2) is 24.5 Å². The maximum atomic E-state index is 13.1. The van der Waals surface area contributed by atoms with Gasteiger partial charge in [-0.1, -0.05) is 45.7 Å². The first-order chi connectivity index (χ1) is 16.9. The number of benzene rings is 3. The number of anilines is 1. The van der Waals surface area contributed by atoms with E-state index >= 15 is 0 Å². The summed E-state index contributed by atoms with van der Waals surface area (Å²) in [5.74, 6) is -0.532. The highest BCUT2D eigenvalue weighted by Gasteiger charge is 2.36.